The van der Waals surface area contributed by atoms with Gasteiger partial charge >= 0.3 is 0 Å². The number of halogens is 1. The summed E-state index contributed by atoms with van der Waals surface area (Å²) in [7, 11) is 1.59. The number of fused-ring (bicyclic) bond motifs is 1. The van der Waals surface area contributed by atoms with Crippen LogP contribution in [0.1, 0.15) is 34.5 Å². The molecule has 1 amide bonds. The number of aryl methyl sites for hydroxylation is 1. The summed E-state index contributed by atoms with van der Waals surface area (Å²) in [6.07, 6.45) is 1.80. The van der Waals surface area contributed by atoms with Crippen LogP contribution in [0.5, 0.6) is 0 Å². The molecule has 9 heteroatoms. The second kappa shape index (κ2) is 5.92. The molecule has 0 spiro atoms. The molecule has 1 aliphatic heterocycles. The Bertz CT molecular complexity index is 937. The standard InChI is InChI=1S/C16H16FN5O3/c1-8-20-15(25-21-8)13-5-10(24-2)6-22(13)16(23)11-3-9(17)4-12-14(11)19-7-18-12/h3-4,7,10,13H,5-6H2,1-2H3,(H,18,19)/t10-,13+/m0/s1. The summed E-state index contributed by atoms with van der Waals surface area (Å²) in [5.74, 6) is -0.0198. The lowest BCUT2D eigenvalue weighted by Gasteiger charge is -2.22. The van der Waals surface area contributed by atoms with Gasteiger partial charge in [-0.15, -0.1) is 0 Å². The zero-order chi connectivity index (χ0) is 17.6. The number of imidazole rings is 1. The first kappa shape index (κ1) is 15.7. The lowest BCUT2D eigenvalue weighted by molar-refractivity contribution is 0.0672. The third-order valence-electron chi connectivity index (χ3n) is 4.40. The number of amides is 1. The average Bonchev–Trinajstić information content (AvgIpc) is 3.31. The lowest BCUT2D eigenvalue weighted by Crippen LogP contribution is -2.32. The van der Waals surface area contributed by atoms with Crippen LogP contribution < -0.4 is 0 Å². The fourth-order valence-electron chi connectivity index (χ4n) is 3.21. The second-order valence-electron chi connectivity index (χ2n) is 6.00. The summed E-state index contributed by atoms with van der Waals surface area (Å²) in [6, 6.07) is 2.08. The van der Waals surface area contributed by atoms with Crippen LogP contribution in [-0.2, 0) is 4.74 Å². The summed E-state index contributed by atoms with van der Waals surface area (Å²) < 4.78 is 24.6. The van der Waals surface area contributed by atoms with Gasteiger partial charge in [0.15, 0.2) is 5.82 Å². The fraction of sp³-hybridized carbons (Fsp3) is 0.375. The van der Waals surface area contributed by atoms with Crippen molar-refractivity contribution in [2.45, 2.75) is 25.5 Å². The number of H-pyrrole nitrogens is 1. The van der Waals surface area contributed by atoms with E-state index < -0.39 is 11.9 Å². The summed E-state index contributed by atoms with van der Waals surface area (Å²) in [4.78, 5) is 25.9. The number of carbonyl (C=O) groups is 1. The van der Waals surface area contributed by atoms with Crippen LogP contribution in [0.3, 0.4) is 0 Å². The highest BCUT2D eigenvalue weighted by atomic mass is 19.1. The Kier molecular flexibility index (Phi) is 3.72. The maximum Gasteiger partial charge on any atom is 0.257 e. The van der Waals surface area contributed by atoms with E-state index in [4.69, 9.17) is 9.26 Å². The number of nitrogens with zero attached hydrogens (tertiary/aromatic N) is 4. The third-order valence-corrected chi connectivity index (χ3v) is 4.40. The van der Waals surface area contributed by atoms with E-state index in [0.29, 0.717) is 35.7 Å². The maximum atomic E-state index is 13.9. The molecule has 1 aliphatic rings. The number of aromatic nitrogens is 4. The van der Waals surface area contributed by atoms with Crippen molar-refractivity contribution < 1.29 is 18.4 Å². The number of rotatable bonds is 3. The summed E-state index contributed by atoms with van der Waals surface area (Å²) in [5.41, 5.74) is 1.08. The Labute approximate surface area is 142 Å². The van der Waals surface area contributed by atoms with Gasteiger partial charge in [0.1, 0.15) is 17.4 Å². The molecule has 2 atom stereocenters. The van der Waals surface area contributed by atoms with Crippen molar-refractivity contribution in [2.75, 3.05) is 13.7 Å². The van der Waals surface area contributed by atoms with Crippen LogP contribution >= 0.6 is 0 Å². The van der Waals surface area contributed by atoms with Crippen molar-refractivity contribution >= 4 is 16.9 Å². The Morgan fingerprint density at radius 2 is 2.32 bits per heavy atom. The normalized spacial score (nSPS) is 20.5. The quantitative estimate of drug-likeness (QED) is 0.780. The molecule has 3 heterocycles. The van der Waals surface area contributed by atoms with Gasteiger partial charge in [0.2, 0.25) is 5.89 Å². The van der Waals surface area contributed by atoms with Gasteiger partial charge in [0.25, 0.3) is 5.91 Å². The molecule has 25 heavy (non-hydrogen) atoms. The van der Waals surface area contributed by atoms with Gasteiger partial charge in [0, 0.05) is 20.1 Å². The molecule has 130 valence electrons. The first-order valence-electron chi connectivity index (χ1n) is 7.83. The van der Waals surface area contributed by atoms with E-state index in [9.17, 15) is 9.18 Å². The molecule has 0 aliphatic carbocycles. The molecule has 0 saturated carbocycles. The van der Waals surface area contributed by atoms with Gasteiger partial charge < -0.3 is 19.1 Å². The van der Waals surface area contributed by atoms with E-state index in [1.165, 1.54) is 18.5 Å². The lowest BCUT2D eigenvalue weighted by atomic mass is 10.1. The summed E-state index contributed by atoms with van der Waals surface area (Å²) >= 11 is 0. The van der Waals surface area contributed by atoms with Crippen molar-refractivity contribution in [1.82, 2.24) is 25.0 Å². The second-order valence-corrected chi connectivity index (χ2v) is 6.00. The first-order chi connectivity index (χ1) is 12.1. The van der Waals surface area contributed by atoms with E-state index >= 15 is 0 Å². The molecule has 0 unspecified atom stereocenters. The minimum Gasteiger partial charge on any atom is -0.380 e. The third kappa shape index (κ3) is 2.66. The van der Waals surface area contributed by atoms with Gasteiger partial charge in [0.05, 0.1) is 23.5 Å². The minimum atomic E-state index is -0.507. The first-order valence-corrected chi connectivity index (χ1v) is 7.83. The Hall–Kier alpha value is -2.81. The number of likely N-dealkylation sites (tertiary alicyclic amines) is 1. The number of hydrogen-bond donors (Lipinski definition) is 1. The summed E-state index contributed by atoms with van der Waals surface area (Å²) in [5, 5.41) is 3.79. The van der Waals surface area contributed by atoms with Gasteiger partial charge in [-0.05, 0) is 19.1 Å². The fourth-order valence-corrected chi connectivity index (χ4v) is 3.21. The van der Waals surface area contributed by atoms with Crippen LogP contribution in [0, 0.1) is 12.7 Å². The van der Waals surface area contributed by atoms with E-state index in [-0.39, 0.29) is 17.6 Å². The van der Waals surface area contributed by atoms with E-state index in [1.807, 2.05) is 0 Å². The highest BCUT2D eigenvalue weighted by Gasteiger charge is 2.40. The largest absolute Gasteiger partial charge is 0.380 e. The van der Waals surface area contributed by atoms with Crippen molar-refractivity contribution in [2.24, 2.45) is 0 Å². The number of methoxy groups -OCH3 is 1. The molecule has 3 aromatic rings. The molecule has 1 N–H and O–H groups in total. The molecule has 1 saturated heterocycles. The van der Waals surface area contributed by atoms with Crippen molar-refractivity contribution in [3.05, 3.63) is 41.6 Å². The zero-order valence-electron chi connectivity index (χ0n) is 13.7. The number of nitrogens with one attached hydrogen (secondary N) is 1. The van der Waals surface area contributed by atoms with Crippen molar-refractivity contribution in [3.8, 4) is 0 Å². The maximum absolute atomic E-state index is 13.9. The van der Waals surface area contributed by atoms with Crippen LogP contribution in [0.4, 0.5) is 4.39 Å². The minimum absolute atomic E-state index is 0.163. The Balaban J connectivity index is 1.75. The Morgan fingerprint density at radius 1 is 1.48 bits per heavy atom. The van der Waals surface area contributed by atoms with Crippen LogP contribution in [0.15, 0.2) is 23.0 Å². The molecule has 0 bridgehead atoms. The predicted octanol–water partition coefficient (Wildman–Crippen LogP) is 2.00. The molecular formula is C16H16FN5O3. The van der Waals surface area contributed by atoms with Crippen molar-refractivity contribution in [1.29, 1.82) is 0 Å². The van der Waals surface area contributed by atoms with Gasteiger partial charge in [-0.25, -0.2) is 9.37 Å². The van der Waals surface area contributed by atoms with Gasteiger partial charge in [-0.1, -0.05) is 5.16 Å². The van der Waals surface area contributed by atoms with Crippen LogP contribution in [0.25, 0.3) is 11.0 Å². The molecule has 8 nitrogen and oxygen atoms in total. The Morgan fingerprint density at radius 3 is 3.04 bits per heavy atom. The van der Waals surface area contributed by atoms with Crippen LogP contribution in [-0.4, -0.2) is 50.7 Å². The van der Waals surface area contributed by atoms with Gasteiger partial charge in [-0.3, -0.25) is 4.79 Å². The van der Waals surface area contributed by atoms with E-state index in [2.05, 4.69) is 20.1 Å². The highest BCUT2D eigenvalue weighted by Crippen LogP contribution is 2.34. The number of carbonyl (C=O) groups excluding carboxylic acids is 1. The SMILES string of the molecule is CO[C@H]1C[C@H](c2nc(C)no2)N(C(=O)c2cc(F)cc3[nH]cnc23)C1. The predicted molar refractivity (Wildman–Crippen MR) is 84.3 cm³/mol. The zero-order valence-corrected chi connectivity index (χ0v) is 13.7. The number of hydrogen-bond acceptors (Lipinski definition) is 6. The van der Waals surface area contributed by atoms with Gasteiger partial charge in [-0.2, -0.15) is 4.98 Å². The number of aromatic amines is 1. The molecule has 1 aromatic carbocycles. The smallest absolute Gasteiger partial charge is 0.257 e. The molecule has 2 aromatic heterocycles. The van der Waals surface area contributed by atoms with Crippen molar-refractivity contribution in [3.63, 3.8) is 0 Å². The molecule has 1 fully saturated rings. The molecule has 0 radical (unpaired) electrons. The van der Waals surface area contributed by atoms with E-state index in [0.717, 1.165) is 0 Å². The topological polar surface area (TPSA) is 97.1 Å². The molecular weight excluding hydrogens is 329 g/mol. The van der Waals surface area contributed by atoms with Crippen LogP contribution in [0.2, 0.25) is 0 Å². The number of ether oxygens (including phenoxy) is 1. The summed E-state index contributed by atoms with van der Waals surface area (Å²) in [6.45, 7) is 2.06. The highest BCUT2D eigenvalue weighted by molar-refractivity contribution is 6.05. The monoisotopic (exact) mass is 345 g/mol. The molecule has 4 rings (SSSR count). The number of benzene rings is 1. The average molecular weight is 345 g/mol. The van der Waals surface area contributed by atoms with E-state index in [1.54, 1.807) is 18.9 Å².